The number of nitrogens with zero attached hydrogens (tertiary/aromatic N) is 7. The maximum absolute atomic E-state index is 11.8. The van der Waals surface area contributed by atoms with Gasteiger partial charge in [-0.2, -0.15) is 0 Å². The lowest BCUT2D eigenvalue weighted by molar-refractivity contribution is 0.101. The maximum atomic E-state index is 11.8. The fourth-order valence-electron chi connectivity index (χ4n) is 6.49. The molecule has 11 heteroatoms. The van der Waals surface area contributed by atoms with Crippen LogP contribution in [0.1, 0.15) is 62.5 Å². The summed E-state index contributed by atoms with van der Waals surface area (Å²) in [4.78, 5) is 36.3. The Morgan fingerprint density at radius 1 is 0.950 bits per heavy atom. The summed E-state index contributed by atoms with van der Waals surface area (Å²) in [5.74, 6) is 2.26. The zero-order valence-corrected chi connectivity index (χ0v) is 23.8. The molecule has 0 amide bonds. The van der Waals surface area contributed by atoms with Crippen LogP contribution >= 0.6 is 0 Å². The Balaban J connectivity index is 0.000000161. The van der Waals surface area contributed by atoms with Gasteiger partial charge in [0.1, 0.15) is 17.2 Å². The molecule has 2 aliphatic rings. The molecule has 3 N–H and O–H groups in total. The van der Waals surface area contributed by atoms with Gasteiger partial charge in [0.25, 0.3) is 5.56 Å². The first-order valence-corrected chi connectivity index (χ1v) is 13.8. The highest BCUT2D eigenvalue weighted by atomic mass is 16.3. The van der Waals surface area contributed by atoms with Gasteiger partial charge in [0.15, 0.2) is 16.8 Å². The summed E-state index contributed by atoms with van der Waals surface area (Å²) < 4.78 is 3.95. The fraction of sp³-hybridized carbons (Fsp3) is 0.517. The quantitative estimate of drug-likeness (QED) is 0.330. The second-order valence-corrected chi connectivity index (χ2v) is 11.2. The topological polar surface area (TPSA) is 148 Å². The second-order valence-electron chi connectivity index (χ2n) is 11.2. The number of hydrogen-bond acceptors (Lipinski definition) is 8. The van der Waals surface area contributed by atoms with E-state index in [1.165, 1.54) is 11.9 Å². The zero-order valence-electron chi connectivity index (χ0n) is 23.8. The third kappa shape index (κ3) is 4.66. The van der Waals surface area contributed by atoms with Crippen LogP contribution in [0.25, 0.3) is 22.3 Å². The molecule has 0 aliphatic heterocycles. The number of aromatic nitrogens is 8. The Hall–Kier alpha value is -3.70. The van der Waals surface area contributed by atoms with Crippen LogP contribution in [0.4, 0.5) is 0 Å². The Labute approximate surface area is 232 Å². The second kappa shape index (κ2) is 10.7. The maximum Gasteiger partial charge on any atom is 0.279 e. The van der Waals surface area contributed by atoms with Crippen molar-refractivity contribution in [1.29, 1.82) is 0 Å². The van der Waals surface area contributed by atoms with Gasteiger partial charge >= 0.3 is 0 Å². The molecule has 0 spiro atoms. The number of rotatable bonds is 4. The van der Waals surface area contributed by atoms with Gasteiger partial charge in [-0.15, -0.1) is 0 Å². The van der Waals surface area contributed by atoms with Gasteiger partial charge < -0.3 is 24.3 Å². The molecule has 2 aliphatic carbocycles. The number of aryl methyl sites for hydroxylation is 3. The van der Waals surface area contributed by atoms with Crippen molar-refractivity contribution in [3.8, 4) is 0 Å². The lowest BCUT2D eigenvalue weighted by atomic mass is 9.93. The highest BCUT2D eigenvalue weighted by molar-refractivity contribution is 5.73. The molecule has 0 bridgehead atoms. The van der Waals surface area contributed by atoms with Gasteiger partial charge in [-0.3, -0.25) is 4.79 Å². The molecule has 4 heterocycles. The number of H-pyrrole nitrogens is 1. The number of hydrogen-bond donors (Lipinski definition) is 3. The van der Waals surface area contributed by atoms with Crippen LogP contribution in [0.5, 0.6) is 0 Å². The minimum absolute atomic E-state index is 0.143. The largest absolute Gasteiger partial charge is 0.396 e. The van der Waals surface area contributed by atoms with E-state index in [0.717, 1.165) is 41.1 Å². The average molecular weight is 547 g/mol. The lowest BCUT2D eigenvalue weighted by Gasteiger charge is -2.16. The highest BCUT2D eigenvalue weighted by Crippen LogP contribution is 2.45. The first-order valence-electron chi connectivity index (χ1n) is 13.8. The molecule has 6 rings (SSSR count). The number of nitrogens with one attached hydrogen (secondary N) is 1. The molecule has 0 unspecified atom stereocenters. The third-order valence-electron chi connectivity index (χ3n) is 8.59. The smallest absolute Gasteiger partial charge is 0.279 e. The van der Waals surface area contributed by atoms with Crippen molar-refractivity contribution in [2.75, 3.05) is 6.61 Å². The van der Waals surface area contributed by atoms with Gasteiger partial charge in [0.05, 0.1) is 43.1 Å². The summed E-state index contributed by atoms with van der Waals surface area (Å²) in [6.45, 7) is 18.4. The van der Waals surface area contributed by atoms with E-state index >= 15 is 0 Å². The molecule has 11 nitrogen and oxygen atoms in total. The average Bonchev–Trinajstić information content (AvgIpc) is 3.63. The monoisotopic (exact) mass is 546 g/mol. The van der Waals surface area contributed by atoms with Crippen molar-refractivity contribution in [2.24, 2.45) is 17.8 Å². The number of aliphatic hydroxyl groups excluding tert-OH is 2. The standard InChI is InChI=1S/C16H22N4.C13H16N4O3/c1-6-13-9(2)7-14(10(13)3)20-8-17-15-11(4)18-12(5)19-16(15)20;1-6-8(4-18)10(19)3-9(6)17-5-14-11-12(17)15-7(2)16-13(11)20/h8-9,13-14H,3,6-7H2,1-2,4-5H3;5,8-10,18-19H,1,3-4H2,2H3,(H,15,16,20)/t9-,13+,14-;8-,9-,10-/m00/s1. The first kappa shape index (κ1) is 27.9. The van der Waals surface area contributed by atoms with Crippen LogP contribution in [-0.2, 0) is 0 Å². The molecule has 4 aromatic heterocycles. The molecule has 2 saturated carbocycles. The van der Waals surface area contributed by atoms with E-state index in [0.29, 0.717) is 35.8 Å². The van der Waals surface area contributed by atoms with E-state index in [-0.39, 0.29) is 29.6 Å². The molecule has 0 aromatic carbocycles. The summed E-state index contributed by atoms with van der Waals surface area (Å²) in [6.07, 6.45) is 5.53. The van der Waals surface area contributed by atoms with E-state index in [2.05, 4.69) is 61.5 Å². The van der Waals surface area contributed by atoms with E-state index in [1.54, 1.807) is 11.5 Å². The molecule has 4 aromatic rings. The van der Waals surface area contributed by atoms with Gasteiger partial charge in [-0.05, 0) is 57.4 Å². The molecule has 40 heavy (non-hydrogen) atoms. The Kier molecular flexibility index (Phi) is 7.45. The van der Waals surface area contributed by atoms with Crippen molar-refractivity contribution in [1.82, 2.24) is 39.0 Å². The van der Waals surface area contributed by atoms with Crippen LogP contribution in [0, 0.1) is 38.5 Å². The number of imidazole rings is 2. The molecular formula is C29H38N8O3. The van der Waals surface area contributed by atoms with Crippen LogP contribution in [0.2, 0.25) is 0 Å². The molecule has 6 atom stereocenters. The first-order chi connectivity index (χ1) is 19.0. The van der Waals surface area contributed by atoms with Crippen molar-refractivity contribution >= 4 is 22.3 Å². The van der Waals surface area contributed by atoms with Crippen molar-refractivity contribution in [2.45, 2.75) is 72.1 Å². The molecular weight excluding hydrogens is 508 g/mol. The summed E-state index contributed by atoms with van der Waals surface area (Å²) in [5.41, 5.74) is 5.34. The lowest BCUT2D eigenvalue weighted by Crippen LogP contribution is -2.17. The van der Waals surface area contributed by atoms with Crippen molar-refractivity contribution in [3.63, 3.8) is 0 Å². The predicted molar refractivity (Wildman–Crippen MR) is 153 cm³/mol. The van der Waals surface area contributed by atoms with Crippen LogP contribution in [0.3, 0.4) is 0 Å². The van der Waals surface area contributed by atoms with Crippen LogP contribution < -0.4 is 5.56 Å². The molecule has 212 valence electrons. The van der Waals surface area contributed by atoms with Crippen molar-refractivity contribution in [3.05, 3.63) is 64.7 Å². The zero-order chi connectivity index (χ0) is 28.9. The van der Waals surface area contributed by atoms with E-state index < -0.39 is 6.10 Å². The molecule has 0 radical (unpaired) electrons. The molecule has 0 saturated heterocycles. The van der Waals surface area contributed by atoms with Gasteiger partial charge in [-0.1, -0.05) is 32.6 Å². The number of fused-ring (bicyclic) bond motifs is 2. The SMILES string of the molecule is C=C1[C@H](CC)[C@@H](C)C[C@@H]1n1cnc2c(C)nc(C)nc21.C=C1[C@H](CO)[C@@H](O)C[C@@H]1n1cnc2c(=O)[nH]c(C)nc21. The molecule has 2 fully saturated rings. The van der Waals surface area contributed by atoms with E-state index in [1.807, 2.05) is 20.2 Å². The highest BCUT2D eigenvalue weighted by Gasteiger charge is 2.38. The Morgan fingerprint density at radius 2 is 1.55 bits per heavy atom. The van der Waals surface area contributed by atoms with Gasteiger partial charge in [0.2, 0.25) is 0 Å². The summed E-state index contributed by atoms with van der Waals surface area (Å²) >= 11 is 0. The third-order valence-corrected chi connectivity index (χ3v) is 8.59. The van der Waals surface area contributed by atoms with E-state index in [4.69, 9.17) is 0 Å². The normalized spacial score (nSPS) is 26.6. The predicted octanol–water partition coefficient (Wildman–Crippen LogP) is 3.50. The Bertz CT molecular complexity index is 1650. The summed E-state index contributed by atoms with van der Waals surface area (Å²) in [6, 6.07) is 0.120. The summed E-state index contributed by atoms with van der Waals surface area (Å²) in [7, 11) is 0. The van der Waals surface area contributed by atoms with Gasteiger partial charge in [0, 0.05) is 5.92 Å². The van der Waals surface area contributed by atoms with Crippen LogP contribution in [0.15, 0.2) is 41.8 Å². The number of allylic oxidation sites excluding steroid dienone is 1. The van der Waals surface area contributed by atoms with E-state index in [9.17, 15) is 15.0 Å². The number of aliphatic hydroxyl groups is 2. The minimum atomic E-state index is -0.641. The Morgan fingerprint density at radius 3 is 2.15 bits per heavy atom. The van der Waals surface area contributed by atoms with Crippen LogP contribution in [-0.4, -0.2) is 62.0 Å². The van der Waals surface area contributed by atoms with Crippen molar-refractivity contribution < 1.29 is 10.2 Å². The fourth-order valence-corrected chi connectivity index (χ4v) is 6.49. The number of aromatic amines is 1. The minimum Gasteiger partial charge on any atom is -0.396 e. The summed E-state index contributed by atoms with van der Waals surface area (Å²) in [5, 5.41) is 19.3. The van der Waals surface area contributed by atoms with Gasteiger partial charge in [-0.25, -0.2) is 24.9 Å².